The van der Waals surface area contributed by atoms with Crippen LogP contribution in [-0.2, 0) is 0 Å². The molecule has 0 aliphatic carbocycles. The van der Waals surface area contributed by atoms with Gasteiger partial charge in [-0.05, 0) is 41.8 Å². The Balaban J connectivity index is 2.40. The van der Waals surface area contributed by atoms with E-state index in [0.717, 1.165) is 26.9 Å². The van der Waals surface area contributed by atoms with E-state index in [4.69, 9.17) is 4.74 Å². The van der Waals surface area contributed by atoms with E-state index >= 15 is 0 Å². The molecule has 0 saturated heterocycles. The Morgan fingerprint density at radius 2 is 1.83 bits per heavy atom. The van der Waals surface area contributed by atoms with Crippen LogP contribution in [0.1, 0.15) is 22.8 Å². The van der Waals surface area contributed by atoms with Crippen molar-refractivity contribution < 1.29 is 9.84 Å². The van der Waals surface area contributed by atoms with Gasteiger partial charge in [0.05, 0.1) is 7.11 Å². The van der Waals surface area contributed by atoms with Crippen LogP contribution in [0.4, 0.5) is 0 Å². The van der Waals surface area contributed by atoms with Gasteiger partial charge in [-0.2, -0.15) is 0 Å². The van der Waals surface area contributed by atoms with Gasteiger partial charge in [-0.3, -0.25) is 0 Å². The second-order valence-corrected chi connectivity index (χ2v) is 5.00. The van der Waals surface area contributed by atoms with Crippen molar-refractivity contribution in [2.75, 3.05) is 7.11 Å². The molecular formula is C15H15BrO2. The molecule has 0 amide bonds. The summed E-state index contributed by atoms with van der Waals surface area (Å²) in [6.45, 7) is 1.97. The summed E-state index contributed by atoms with van der Waals surface area (Å²) in [5.41, 5.74) is 2.77. The molecule has 0 aliphatic rings. The second kappa shape index (κ2) is 5.55. The summed E-state index contributed by atoms with van der Waals surface area (Å²) in [7, 11) is 1.64. The maximum absolute atomic E-state index is 10.4. The highest BCUT2D eigenvalue weighted by atomic mass is 79.9. The molecule has 0 fully saturated rings. The lowest BCUT2D eigenvalue weighted by molar-refractivity contribution is 0.218. The SMILES string of the molecule is COc1ccc([C@H](O)c2ccccc2Br)c(C)c1. The summed E-state index contributed by atoms with van der Waals surface area (Å²) >= 11 is 3.46. The van der Waals surface area contributed by atoms with E-state index < -0.39 is 6.10 Å². The Morgan fingerprint density at radius 1 is 1.11 bits per heavy atom. The lowest BCUT2D eigenvalue weighted by Crippen LogP contribution is -2.03. The molecule has 0 aliphatic heterocycles. The average molecular weight is 307 g/mol. The van der Waals surface area contributed by atoms with Crippen molar-refractivity contribution in [3.05, 3.63) is 63.6 Å². The summed E-state index contributed by atoms with van der Waals surface area (Å²) in [4.78, 5) is 0. The average Bonchev–Trinajstić information content (AvgIpc) is 2.38. The molecule has 2 rings (SSSR count). The van der Waals surface area contributed by atoms with Crippen molar-refractivity contribution in [2.45, 2.75) is 13.0 Å². The second-order valence-electron chi connectivity index (χ2n) is 4.15. The molecule has 0 radical (unpaired) electrons. The maximum Gasteiger partial charge on any atom is 0.119 e. The van der Waals surface area contributed by atoms with Crippen LogP contribution < -0.4 is 4.74 Å². The topological polar surface area (TPSA) is 29.5 Å². The number of aliphatic hydroxyl groups excluding tert-OH is 1. The van der Waals surface area contributed by atoms with Gasteiger partial charge in [-0.1, -0.05) is 40.2 Å². The van der Waals surface area contributed by atoms with Crippen LogP contribution in [-0.4, -0.2) is 12.2 Å². The van der Waals surface area contributed by atoms with Crippen molar-refractivity contribution in [1.29, 1.82) is 0 Å². The van der Waals surface area contributed by atoms with Crippen molar-refractivity contribution in [1.82, 2.24) is 0 Å². The van der Waals surface area contributed by atoms with Crippen molar-refractivity contribution in [2.24, 2.45) is 0 Å². The van der Waals surface area contributed by atoms with E-state index in [1.807, 2.05) is 49.4 Å². The van der Waals surface area contributed by atoms with Gasteiger partial charge in [0.25, 0.3) is 0 Å². The van der Waals surface area contributed by atoms with Crippen LogP contribution in [0.2, 0.25) is 0 Å². The zero-order valence-electron chi connectivity index (χ0n) is 10.4. The smallest absolute Gasteiger partial charge is 0.119 e. The van der Waals surface area contributed by atoms with Crippen LogP contribution >= 0.6 is 15.9 Å². The number of hydrogen-bond donors (Lipinski definition) is 1. The zero-order chi connectivity index (χ0) is 13.1. The lowest BCUT2D eigenvalue weighted by atomic mass is 9.97. The molecule has 1 N–H and O–H groups in total. The van der Waals surface area contributed by atoms with Crippen LogP contribution in [0.3, 0.4) is 0 Å². The van der Waals surface area contributed by atoms with Crippen LogP contribution in [0.5, 0.6) is 5.75 Å². The number of hydrogen-bond acceptors (Lipinski definition) is 2. The van der Waals surface area contributed by atoms with Gasteiger partial charge >= 0.3 is 0 Å². The molecule has 1 atom stereocenters. The number of methoxy groups -OCH3 is 1. The minimum absolute atomic E-state index is 0.633. The van der Waals surface area contributed by atoms with Gasteiger partial charge in [0.1, 0.15) is 11.9 Å². The van der Waals surface area contributed by atoms with Crippen LogP contribution in [0, 0.1) is 6.92 Å². The molecule has 94 valence electrons. The molecule has 0 aromatic heterocycles. The molecule has 18 heavy (non-hydrogen) atoms. The third-order valence-electron chi connectivity index (χ3n) is 2.97. The first-order valence-corrected chi connectivity index (χ1v) is 6.50. The van der Waals surface area contributed by atoms with Gasteiger partial charge in [0.2, 0.25) is 0 Å². The fraction of sp³-hybridized carbons (Fsp3) is 0.200. The summed E-state index contributed by atoms with van der Waals surface area (Å²) in [6, 6.07) is 13.4. The van der Waals surface area contributed by atoms with Gasteiger partial charge in [-0.15, -0.1) is 0 Å². The number of aliphatic hydroxyl groups is 1. The van der Waals surface area contributed by atoms with E-state index in [9.17, 15) is 5.11 Å². The molecular weight excluding hydrogens is 292 g/mol. The highest BCUT2D eigenvalue weighted by Crippen LogP contribution is 2.31. The lowest BCUT2D eigenvalue weighted by Gasteiger charge is -2.16. The highest BCUT2D eigenvalue weighted by Gasteiger charge is 2.15. The molecule has 2 nitrogen and oxygen atoms in total. The largest absolute Gasteiger partial charge is 0.497 e. The van der Waals surface area contributed by atoms with Gasteiger partial charge < -0.3 is 9.84 Å². The Hall–Kier alpha value is -1.32. The van der Waals surface area contributed by atoms with Crippen LogP contribution in [0.15, 0.2) is 46.9 Å². The number of halogens is 1. The van der Waals surface area contributed by atoms with Crippen LogP contribution in [0.25, 0.3) is 0 Å². The summed E-state index contributed by atoms with van der Waals surface area (Å²) in [5, 5.41) is 10.4. The first-order chi connectivity index (χ1) is 8.63. The Labute approximate surface area is 115 Å². The van der Waals surface area contributed by atoms with Gasteiger partial charge in [0, 0.05) is 4.47 Å². The zero-order valence-corrected chi connectivity index (χ0v) is 11.9. The third-order valence-corrected chi connectivity index (χ3v) is 3.69. The molecule has 0 saturated carbocycles. The van der Waals surface area contributed by atoms with Crippen molar-refractivity contribution in [3.8, 4) is 5.75 Å². The van der Waals surface area contributed by atoms with Gasteiger partial charge in [0.15, 0.2) is 0 Å². The molecule has 3 heteroatoms. The van der Waals surface area contributed by atoms with Gasteiger partial charge in [-0.25, -0.2) is 0 Å². The van der Waals surface area contributed by atoms with E-state index in [1.165, 1.54) is 0 Å². The van der Waals surface area contributed by atoms with E-state index in [0.29, 0.717) is 0 Å². The fourth-order valence-electron chi connectivity index (χ4n) is 1.95. The first-order valence-electron chi connectivity index (χ1n) is 5.70. The minimum atomic E-state index is -0.633. The molecule has 0 unspecified atom stereocenters. The number of ether oxygens (including phenoxy) is 1. The fourth-order valence-corrected chi connectivity index (χ4v) is 2.45. The number of benzene rings is 2. The summed E-state index contributed by atoms with van der Waals surface area (Å²) < 4.78 is 6.08. The predicted molar refractivity (Wildman–Crippen MR) is 75.9 cm³/mol. The summed E-state index contributed by atoms with van der Waals surface area (Å²) in [5.74, 6) is 0.801. The molecule has 2 aromatic rings. The Kier molecular flexibility index (Phi) is 4.04. The molecule has 0 heterocycles. The molecule has 0 bridgehead atoms. The molecule has 0 spiro atoms. The maximum atomic E-state index is 10.4. The minimum Gasteiger partial charge on any atom is -0.497 e. The van der Waals surface area contributed by atoms with E-state index in [1.54, 1.807) is 7.11 Å². The number of aryl methyl sites for hydroxylation is 1. The Morgan fingerprint density at radius 3 is 2.44 bits per heavy atom. The number of rotatable bonds is 3. The third kappa shape index (κ3) is 2.57. The summed E-state index contributed by atoms with van der Waals surface area (Å²) in [6.07, 6.45) is -0.633. The molecule has 2 aromatic carbocycles. The Bertz CT molecular complexity index is 552. The normalized spacial score (nSPS) is 12.2. The first kappa shape index (κ1) is 13.1. The predicted octanol–water partition coefficient (Wildman–Crippen LogP) is 3.85. The van der Waals surface area contributed by atoms with Crippen molar-refractivity contribution >= 4 is 15.9 Å². The standard InChI is InChI=1S/C15H15BrO2/c1-10-9-11(18-2)7-8-12(10)15(17)13-5-3-4-6-14(13)16/h3-9,15,17H,1-2H3/t15-/m0/s1. The highest BCUT2D eigenvalue weighted by molar-refractivity contribution is 9.10. The quantitative estimate of drug-likeness (QED) is 0.933. The van der Waals surface area contributed by atoms with Crippen molar-refractivity contribution in [3.63, 3.8) is 0 Å². The van der Waals surface area contributed by atoms with E-state index in [-0.39, 0.29) is 0 Å². The van der Waals surface area contributed by atoms with E-state index in [2.05, 4.69) is 15.9 Å². The monoisotopic (exact) mass is 306 g/mol.